The summed E-state index contributed by atoms with van der Waals surface area (Å²) in [4.78, 5) is 11.7. The topological polar surface area (TPSA) is 77.2 Å². The highest BCUT2D eigenvalue weighted by Gasteiger charge is 2.11. The average Bonchev–Trinajstić information content (AvgIpc) is 3.36. The van der Waals surface area contributed by atoms with E-state index < -0.39 is 0 Å². The molecule has 4 aromatic rings. The molecule has 3 heterocycles. The number of hydrogen-bond donors (Lipinski definition) is 1. The lowest BCUT2D eigenvalue weighted by Gasteiger charge is -2.09. The fourth-order valence-electron chi connectivity index (χ4n) is 2.68. The fraction of sp³-hybridized carbons (Fsp3) is 0.176. The van der Waals surface area contributed by atoms with Crippen LogP contribution in [0.15, 0.2) is 61.4 Å². The highest BCUT2D eigenvalue weighted by atomic mass is 15.3. The van der Waals surface area contributed by atoms with Crippen LogP contribution in [-0.2, 0) is 19.5 Å². The first-order chi connectivity index (χ1) is 11.9. The number of rotatable bonds is 6. The standard InChI is InChI=1S/C17H17N7/c1-2-4-14(5-3-1)6-10-24-13-21-22-15(24)12-23-11-9-20-17(23)16-18-7-8-19-16/h1-5,7-9,11,13H,6,10,12H2,(H,18,19). The summed E-state index contributed by atoms with van der Waals surface area (Å²) in [5, 5.41) is 8.32. The highest BCUT2D eigenvalue weighted by Crippen LogP contribution is 2.13. The second kappa shape index (κ2) is 6.49. The molecule has 0 aliphatic heterocycles. The maximum absolute atomic E-state index is 4.37. The quantitative estimate of drug-likeness (QED) is 0.591. The molecular weight excluding hydrogens is 302 g/mol. The van der Waals surface area contributed by atoms with E-state index in [2.05, 4.69) is 54.0 Å². The molecule has 0 aliphatic carbocycles. The molecule has 1 aromatic carbocycles. The van der Waals surface area contributed by atoms with Crippen molar-refractivity contribution in [3.63, 3.8) is 0 Å². The van der Waals surface area contributed by atoms with Crippen LogP contribution in [0.5, 0.6) is 0 Å². The van der Waals surface area contributed by atoms with Crippen LogP contribution in [0.2, 0.25) is 0 Å². The SMILES string of the molecule is c1ccc(CCn2cnnc2Cn2ccnc2-c2ncc[nH]2)cc1. The van der Waals surface area contributed by atoms with E-state index in [-0.39, 0.29) is 0 Å². The van der Waals surface area contributed by atoms with Gasteiger partial charge in [-0.15, -0.1) is 10.2 Å². The van der Waals surface area contributed by atoms with Crippen LogP contribution in [0.3, 0.4) is 0 Å². The highest BCUT2D eigenvalue weighted by molar-refractivity contribution is 5.43. The molecule has 1 N–H and O–H groups in total. The zero-order valence-corrected chi connectivity index (χ0v) is 13.1. The second-order valence-electron chi connectivity index (χ2n) is 5.49. The van der Waals surface area contributed by atoms with Crippen molar-refractivity contribution in [1.82, 2.24) is 34.3 Å². The molecule has 120 valence electrons. The molecule has 3 aromatic heterocycles. The lowest BCUT2D eigenvalue weighted by Crippen LogP contribution is -2.10. The van der Waals surface area contributed by atoms with Gasteiger partial charge in [-0.2, -0.15) is 0 Å². The summed E-state index contributed by atoms with van der Waals surface area (Å²) in [5.41, 5.74) is 1.30. The molecule has 4 rings (SSSR count). The van der Waals surface area contributed by atoms with Gasteiger partial charge in [-0.05, 0) is 12.0 Å². The molecule has 0 saturated heterocycles. The first-order valence-corrected chi connectivity index (χ1v) is 7.81. The predicted molar refractivity (Wildman–Crippen MR) is 89.1 cm³/mol. The maximum atomic E-state index is 4.37. The largest absolute Gasteiger partial charge is 0.342 e. The minimum absolute atomic E-state index is 0.602. The Morgan fingerprint density at radius 2 is 1.92 bits per heavy atom. The predicted octanol–water partition coefficient (Wildman–Crippen LogP) is 2.16. The van der Waals surface area contributed by atoms with Crippen molar-refractivity contribution in [2.75, 3.05) is 0 Å². The number of aromatic nitrogens is 7. The Hall–Kier alpha value is -3.22. The van der Waals surface area contributed by atoms with Crippen molar-refractivity contribution in [3.8, 4) is 11.6 Å². The number of aromatic amines is 1. The minimum atomic E-state index is 0.602. The Bertz CT molecular complexity index is 890. The Labute approximate surface area is 139 Å². The third-order valence-corrected chi connectivity index (χ3v) is 3.92. The first-order valence-electron chi connectivity index (χ1n) is 7.81. The molecule has 0 saturated carbocycles. The molecule has 0 bridgehead atoms. The monoisotopic (exact) mass is 319 g/mol. The zero-order valence-electron chi connectivity index (χ0n) is 13.1. The van der Waals surface area contributed by atoms with Crippen molar-refractivity contribution >= 4 is 0 Å². The lowest BCUT2D eigenvalue weighted by atomic mass is 10.1. The molecule has 0 spiro atoms. The van der Waals surface area contributed by atoms with Gasteiger partial charge in [-0.3, -0.25) is 0 Å². The van der Waals surface area contributed by atoms with E-state index in [1.165, 1.54) is 5.56 Å². The van der Waals surface area contributed by atoms with E-state index in [0.29, 0.717) is 6.54 Å². The number of aryl methyl sites for hydroxylation is 2. The third-order valence-electron chi connectivity index (χ3n) is 3.92. The van der Waals surface area contributed by atoms with Crippen molar-refractivity contribution in [2.45, 2.75) is 19.5 Å². The van der Waals surface area contributed by atoms with E-state index >= 15 is 0 Å². The summed E-state index contributed by atoms with van der Waals surface area (Å²) in [6.07, 6.45) is 9.92. The molecule has 7 heteroatoms. The Kier molecular flexibility index (Phi) is 3.89. The van der Waals surface area contributed by atoms with Gasteiger partial charge in [0.25, 0.3) is 0 Å². The van der Waals surface area contributed by atoms with E-state index in [1.807, 2.05) is 16.8 Å². The molecule has 0 amide bonds. The van der Waals surface area contributed by atoms with Gasteiger partial charge in [-0.25, -0.2) is 9.97 Å². The summed E-state index contributed by atoms with van der Waals surface area (Å²) in [6, 6.07) is 10.4. The van der Waals surface area contributed by atoms with Gasteiger partial charge in [0.05, 0.1) is 6.54 Å². The van der Waals surface area contributed by atoms with Crippen molar-refractivity contribution in [3.05, 3.63) is 72.8 Å². The summed E-state index contributed by atoms with van der Waals surface area (Å²) in [5.74, 6) is 2.43. The Morgan fingerprint density at radius 1 is 1.00 bits per heavy atom. The summed E-state index contributed by atoms with van der Waals surface area (Å²) in [6.45, 7) is 1.45. The number of nitrogens with zero attached hydrogens (tertiary/aromatic N) is 6. The Morgan fingerprint density at radius 3 is 2.75 bits per heavy atom. The Balaban J connectivity index is 1.51. The van der Waals surface area contributed by atoms with Gasteiger partial charge in [0, 0.05) is 31.3 Å². The summed E-state index contributed by atoms with van der Waals surface area (Å²) in [7, 11) is 0. The number of H-pyrrole nitrogens is 1. The molecule has 0 aliphatic rings. The fourth-order valence-corrected chi connectivity index (χ4v) is 2.68. The summed E-state index contributed by atoms with van der Waals surface area (Å²) < 4.78 is 4.10. The van der Waals surface area contributed by atoms with Gasteiger partial charge in [0.15, 0.2) is 17.5 Å². The normalized spacial score (nSPS) is 11.0. The van der Waals surface area contributed by atoms with Gasteiger partial charge in [0.1, 0.15) is 6.33 Å². The number of imidazole rings is 2. The first kappa shape index (κ1) is 14.4. The second-order valence-corrected chi connectivity index (χ2v) is 5.49. The zero-order chi connectivity index (χ0) is 16.2. The average molecular weight is 319 g/mol. The van der Waals surface area contributed by atoms with E-state index in [0.717, 1.165) is 30.4 Å². The smallest absolute Gasteiger partial charge is 0.176 e. The van der Waals surface area contributed by atoms with E-state index in [9.17, 15) is 0 Å². The molecule has 24 heavy (non-hydrogen) atoms. The molecule has 0 fully saturated rings. The van der Waals surface area contributed by atoms with Gasteiger partial charge in [0.2, 0.25) is 0 Å². The molecule has 0 atom stereocenters. The van der Waals surface area contributed by atoms with Crippen LogP contribution in [0, 0.1) is 0 Å². The van der Waals surface area contributed by atoms with Crippen LogP contribution in [0.1, 0.15) is 11.4 Å². The number of hydrogen-bond acceptors (Lipinski definition) is 4. The van der Waals surface area contributed by atoms with Crippen LogP contribution in [-0.4, -0.2) is 34.3 Å². The number of benzene rings is 1. The van der Waals surface area contributed by atoms with Gasteiger partial charge in [-0.1, -0.05) is 30.3 Å². The van der Waals surface area contributed by atoms with Gasteiger partial charge < -0.3 is 14.1 Å². The molecule has 0 unspecified atom stereocenters. The van der Waals surface area contributed by atoms with Crippen LogP contribution in [0.4, 0.5) is 0 Å². The maximum Gasteiger partial charge on any atom is 0.176 e. The lowest BCUT2D eigenvalue weighted by molar-refractivity contribution is 0.622. The molecular formula is C17H17N7. The van der Waals surface area contributed by atoms with E-state index in [1.54, 1.807) is 24.9 Å². The van der Waals surface area contributed by atoms with Crippen LogP contribution >= 0.6 is 0 Å². The minimum Gasteiger partial charge on any atom is -0.342 e. The van der Waals surface area contributed by atoms with Crippen LogP contribution in [0.25, 0.3) is 11.6 Å². The molecule has 0 radical (unpaired) electrons. The van der Waals surface area contributed by atoms with Gasteiger partial charge >= 0.3 is 0 Å². The van der Waals surface area contributed by atoms with E-state index in [4.69, 9.17) is 0 Å². The van der Waals surface area contributed by atoms with Crippen molar-refractivity contribution in [2.24, 2.45) is 0 Å². The summed E-state index contributed by atoms with van der Waals surface area (Å²) >= 11 is 0. The number of nitrogens with one attached hydrogen (secondary N) is 1. The van der Waals surface area contributed by atoms with Crippen LogP contribution < -0.4 is 0 Å². The van der Waals surface area contributed by atoms with Crippen molar-refractivity contribution < 1.29 is 0 Å². The third kappa shape index (κ3) is 2.96. The van der Waals surface area contributed by atoms with Crippen molar-refractivity contribution in [1.29, 1.82) is 0 Å². The molecule has 7 nitrogen and oxygen atoms in total.